The van der Waals surface area contributed by atoms with Gasteiger partial charge in [0.25, 0.3) is 0 Å². The summed E-state index contributed by atoms with van der Waals surface area (Å²) in [5, 5.41) is 0. The van der Waals surface area contributed by atoms with Crippen molar-refractivity contribution >= 4 is 10.4 Å². The molecule has 4 nitrogen and oxygen atoms in total. The first-order valence-electron chi connectivity index (χ1n) is 5.31. The van der Waals surface area contributed by atoms with Crippen LogP contribution in [0.15, 0.2) is 0 Å². The summed E-state index contributed by atoms with van der Waals surface area (Å²) in [7, 11) is 0.755. The van der Waals surface area contributed by atoms with E-state index in [2.05, 4.69) is 0 Å². The van der Waals surface area contributed by atoms with Gasteiger partial charge in [-0.1, -0.05) is 6.92 Å². The average molecular weight is 221 g/mol. The molecule has 0 fully saturated rings. The highest BCUT2D eigenvalue weighted by Crippen LogP contribution is 2.21. The highest BCUT2D eigenvalue weighted by Gasteiger charge is 2.34. The van der Waals surface area contributed by atoms with Gasteiger partial charge in [-0.25, -0.2) is 0 Å². The maximum atomic E-state index is 5.65. The minimum absolute atomic E-state index is 0.625. The normalized spacial score (nSPS) is 12.6. The number of ether oxygens (including phenoxy) is 2. The summed E-state index contributed by atoms with van der Waals surface area (Å²) in [4.78, 5) is 5.45. The molecular weight excluding hydrogens is 198 g/mol. The fraction of sp³-hybridized carbons (Fsp3) is 1.00. The maximum Gasteiger partial charge on any atom is 0.244 e. The van der Waals surface area contributed by atoms with Crippen molar-refractivity contribution < 1.29 is 14.3 Å². The Labute approximate surface area is 90.0 Å². The molecule has 0 rings (SSSR count). The molecule has 14 heavy (non-hydrogen) atoms. The third-order valence-electron chi connectivity index (χ3n) is 1.99. The van der Waals surface area contributed by atoms with Gasteiger partial charge in [-0.05, 0) is 20.8 Å². The molecule has 0 heterocycles. The van der Waals surface area contributed by atoms with E-state index in [-0.39, 0.29) is 0 Å². The molecule has 0 saturated heterocycles. The first-order valence-corrected chi connectivity index (χ1v) is 6.20. The molecule has 5 heteroatoms. The first-order chi connectivity index (χ1) is 6.66. The molecule has 0 bridgehead atoms. The van der Waals surface area contributed by atoms with Crippen LogP contribution in [-0.4, -0.2) is 40.9 Å². The SMILES string of the molecule is CCON([SiH3])C(CC)(OCC)OCC. The van der Waals surface area contributed by atoms with Gasteiger partial charge in [-0.3, -0.25) is 0 Å². The molecule has 0 unspecified atom stereocenters. The average Bonchev–Trinajstić information content (AvgIpc) is 2.17. The summed E-state index contributed by atoms with van der Waals surface area (Å²) in [6.45, 7) is 9.82. The second-order valence-corrected chi connectivity index (χ2v) is 3.66. The van der Waals surface area contributed by atoms with E-state index in [1.54, 1.807) is 4.73 Å². The van der Waals surface area contributed by atoms with Crippen LogP contribution in [-0.2, 0) is 14.3 Å². The van der Waals surface area contributed by atoms with E-state index in [1.807, 2.05) is 27.7 Å². The van der Waals surface area contributed by atoms with Crippen molar-refractivity contribution in [3.63, 3.8) is 0 Å². The Morgan fingerprint density at radius 3 is 1.79 bits per heavy atom. The van der Waals surface area contributed by atoms with Crippen LogP contribution in [0.2, 0.25) is 0 Å². The molecule has 0 aliphatic heterocycles. The summed E-state index contributed by atoms with van der Waals surface area (Å²) < 4.78 is 13.1. The molecule has 0 aromatic carbocycles. The maximum absolute atomic E-state index is 5.65. The lowest BCUT2D eigenvalue weighted by Crippen LogP contribution is -2.51. The number of hydroxylamine groups is 1. The first kappa shape index (κ1) is 14.1. The van der Waals surface area contributed by atoms with Gasteiger partial charge in [0.1, 0.15) is 10.4 Å². The molecule has 0 aliphatic carbocycles. The Morgan fingerprint density at radius 1 is 1.00 bits per heavy atom. The monoisotopic (exact) mass is 221 g/mol. The van der Waals surface area contributed by atoms with Crippen LogP contribution in [0.3, 0.4) is 0 Å². The van der Waals surface area contributed by atoms with Gasteiger partial charge < -0.3 is 14.3 Å². The fourth-order valence-electron chi connectivity index (χ4n) is 1.39. The molecule has 0 radical (unpaired) electrons. The van der Waals surface area contributed by atoms with Crippen molar-refractivity contribution in [1.82, 2.24) is 4.73 Å². The Hall–Kier alpha value is 0.0569. The molecule has 86 valence electrons. The van der Waals surface area contributed by atoms with Gasteiger partial charge in [-0.2, -0.15) is 4.73 Å². The van der Waals surface area contributed by atoms with E-state index in [0.717, 1.165) is 16.8 Å². The van der Waals surface area contributed by atoms with Gasteiger partial charge in [0.05, 0.1) is 6.61 Å². The van der Waals surface area contributed by atoms with E-state index in [0.29, 0.717) is 19.8 Å². The summed E-state index contributed by atoms with van der Waals surface area (Å²) >= 11 is 0. The summed E-state index contributed by atoms with van der Waals surface area (Å²) in [6, 6.07) is 0. The van der Waals surface area contributed by atoms with Gasteiger partial charge in [0, 0.05) is 19.6 Å². The largest absolute Gasteiger partial charge is 0.337 e. The van der Waals surface area contributed by atoms with Crippen LogP contribution in [0.25, 0.3) is 0 Å². The van der Waals surface area contributed by atoms with Gasteiger partial charge in [0.2, 0.25) is 5.91 Å². The van der Waals surface area contributed by atoms with Gasteiger partial charge in [-0.15, -0.1) is 0 Å². The zero-order valence-corrected chi connectivity index (χ0v) is 12.0. The summed E-state index contributed by atoms with van der Waals surface area (Å²) in [6.07, 6.45) is 0.762. The number of hydrogen-bond acceptors (Lipinski definition) is 4. The molecular formula is C9H23NO3Si. The zero-order chi connectivity index (χ0) is 11.0. The standard InChI is InChI=1S/C9H23NO3Si/c1-5-9(11-6-2,12-7-3)10(14)13-8-4/h5-8H2,1-4,14H3. The van der Waals surface area contributed by atoms with Gasteiger partial charge in [0.15, 0.2) is 0 Å². The molecule has 0 amide bonds. The van der Waals surface area contributed by atoms with Crippen molar-refractivity contribution in [3.05, 3.63) is 0 Å². The van der Waals surface area contributed by atoms with E-state index in [9.17, 15) is 0 Å². The Kier molecular flexibility index (Phi) is 7.39. The molecule has 0 N–H and O–H groups in total. The van der Waals surface area contributed by atoms with E-state index >= 15 is 0 Å². The lowest BCUT2D eigenvalue weighted by Gasteiger charge is -2.39. The lowest BCUT2D eigenvalue weighted by atomic mass is 10.3. The van der Waals surface area contributed by atoms with Crippen molar-refractivity contribution in [2.75, 3.05) is 19.8 Å². The molecule has 0 spiro atoms. The predicted octanol–water partition coefficient (Wildman–Crippen LogP) is 0.657. The van der Waals surface area contributed by atoms with Crippen molar-refractivity contribution in [2.24, 2.45) is 0 Å². The van der Waals surface area contributed by atoms with Crippen LogP contribution in [0.5, 0.6) is 0 Å². The van der Waals surface area contributed by atoms with E-state index in [1.165, 1.54) is 0 Å². The fourth-order valence-corrected chi connectivity index (χ4v) is 2.23. The quantitative estimate of drug-likeness (QED) is 0.342. The Balaban J connectivity index is 4.45. The topological polar surface area (TPSA) is 30.9 Å². The summed E-state index contributed by atoms with van der Waals surface area (Å²) in [5.74, 6) is -0.675. The van der Waals surface area contributed by atoms with E-state index < -0.39 is 5.91 Å². The third-order valence-corrected chi connectivity index (χ3v) is 2.93. The predicted molar refractivity (Wildman–Crippen MR) is 59.7 cm³/mol. The second kappa shape index (κ2) is 7.36. The lowest BCUT2D eigenvalue weighted by molar-refractivity contribution is -0.370. The highest BCUT2D eigenvalue weighted by molar-refractivity contribution is 6.03. The molecule has 0 aliphatic rings. The molecule has 0 aromatic heterocycles. The van der Waals surface area contributed by atoms with Crippen LogP contribution in [0, 0.1) is 0 Å². The van der Waals surface area contributed by atoms with Crippen molar-refractivity contribution in [3.8, 4) is 0 Å². The minimum Gasteiger partial charge on any atom is -0.337 e. The van der Waals surface area contributed by atoms with Crippen LogP contribution in [0.4, 0.5) is 0 Å². The number of hydrogen-bond donors (Lipinski definition) is 0. The smallest absolute Gasteiger partial charge is 0.244 e. The number of rotatable bonds is 8. The van der Waals surface area contributed by atoms with Crippen molar-refractivity contribution in [1.29, 1.82) is 0 Å². The molecule has 0 atom stereocenters. The second-order valence-electron chi connectivity index (χ2n) is 2.85. The van der Waals surface area contributed by atoms with E-state index in [4.69, 9.17) is 14.3 Å². The van der Waals surface area contributed by atoms with Crippen molar-refractivity contribution in [2.45, 2.75) is 40.0 Å². The third kappa shape index (κ3) is 3.66. The van der Waals surface area contributed by atoms with Crippen LogP contribution in [0.1, 0.15) is 34.1 Å². The Morgan fingerprint density at radius 2 is 1.50 bits per heavy atom. The Bertz CT molecular complexity index is 140. The molecule has 0 saturated carbocycles. The zero-order valence-electron chi connectivity index (χ0n) is 10.0. The van der Waals surface area contributed by atoms with Crippen LogP contribution < -0.4 is 0 Å². The molecule has 0 aromatic rings. The van der Waals surface area contributed by atoms with Crippen LogP contribution >= 0.6 is 0 Å². The number of nitrogens with zero attached hydrogens (tertiary/aromatic N) is 1. The summed E-state index contributed by atoms with van der Waals surface area (Å²) in [5.41, 5.74) is 0. The van der Waals surface area contributed by atoms with Gasteiger partial charge >= 0.3 is 0 Å². The minimum atomic E-state index is -0.675. The highest BCUT2D eigenvalue weighted by atomic mass is 28.2.